The number of aliphatic hydroxyl groups excluding tert-OH is 1. The van der Waals surface area contributed by atoms with Crippen LogP contribution in [0.15, 0.2) is 42.6 Å². The van der Waals surface area contributed by atoms with Crippen molar-refractivity contribution in [3.05, 3.63) is 53.7 Å². The van der Waals surface area contributed by atoms with E-state index in [1.807, 2.05) is 4.68 Å². The highest BCUT2D eigenvalue weighted by Gasteiger charge is 2.19. The van der Waals surface area contributed by atoms with Gasteiger partial charge in [0.25, 0.3) is 5.91 Å². The number of allylic oxidation sites excluding steroid dienone is 1. The molecule has 0 aliphatic heterocycles. The van der Waals surface area contributed by atoms with Crippen molar-refractivity contribution in [1.82, 2.24) is 34.9 Å². The molecule has 4 aromatic rings. The zero-order chi connectivity index (χ0) is 22.8. The van der Waals surface area contributed by atoms with Crippen LogP contribution in [0.5, 0.6) is 0 Å². The monoisotopic (exact) mass is 433 g/mol. The van der Waals surface area contributed by atoms with Crippen LogP contribution in [0.1, 0.15) is 29.3 Å². The number of carbonyl (C=O) groups is 1. The minimum absolute atomic E-state index is 0.339. The van der Waals surface area contributed by atoms with E-state index in [0.717, 1.165) is 47.9 Å². The topological polar surface area (TPSA) is 112 Å². The summed E-state index contributed by atoms with van der Waals surface area (Å²) in [6.07, 6.45) is 5.06. The average molecular weight is 434 g/mol. The third-order valence-electron chi connectivity index (χ3n) is 5.25. The van der Waals surface area contributed by atoms with Gasteiger partial charge in [-0.1, -0.05) is 12.1 Å². The number of hydrogen-bond acceptors (Lipinski definition) is 6. The van der Waals surface area contributed by atoms with Gasteiger partial charge in [-0.2, -0.15) is 5.10 Å². The molecule has 166 valence electrons. The zero-order valence-corrected chi connectivity index (χ0v) is 18.7. The molecule has 9 heteroatoms. The van der Waals surface area contributed by atoms with Gasteiger partial charge in [0.05, 0.1) is 23.5 Å². The molecule has 3 N–H and O–H groups in total. The summed E-state index contributed by atoms with van der Waals surface area (Å²) in [7, 11) is 4.12. The van der Waals surface area contributed by atoms with Gasteiger partial charge in [0.1, 0.15) is 16.9 Å². The number of aliphatic hydroxyl groups is 1. The summed E-state index contributed by atoms with van der Waals surface area (Å²) in [6, 6.07) is 6.25. The summed E-state index contributed by atoms with van der Waals surface area (Å²) < 4.78 is 2.02. The molecule has 1 amide bonds. The fourth-order valence-electron chi connectivity index (χ4n) is 3.64. The Morgan fingerprint density at radius 2 is 2.16 bits per heavy atom. The molecule has 1 aromatic carbocycles. The number of H-pyrrole nitrogens is 1. The highest BCUT2D eigenvalue weighted by molar-refractivity contribution is 6.05. The quantitative estimate of drug-likeness (QED) is 0.385. The van der Waals surface area contributed by atoms with E-state index in [1.54, 1.807) is 19.3 Å². The number of fused-ring (bicyclic) bond motifs is 2. The van der Waals surface area contributed by atoms with Crippen LogP contribution in [0, 0.1) is 6.92 Å². The van der Waals surface area contributed by atoms with Crippen molar-refractivity contribution in [3.63, 3.8) is 0 Å². The molecule has 0 unspecified atom stereocenters. The number of amides is 1. The van der Waals surface area contributed by atoms with Gasteiger partial charge >= 0.3 is 0 Å². The summed E-state index contributed by atoms with van der Waals surface area (Å²) >= 11 is 0. The fraction of sp³-hybridized carbons (Fsp3) is 0.304. The molecule has 0 saturated heterocycles. The van der Waals surface area contributed by atoms with E-state index in [1.165, 1.54) is 0 Å². The molecular formula is C23H27N7O2. The lowest BCUT2D eigenvalue weighted by atomic mass is 10.1. The number of hydrogen-bond donors (Lipinski definition) is 3. The molecule has 0 spiro atoms. The molecule has 3 heterocycles. The van der Waals surface area contributed by atoms with Crippen LogP contribution in [0.3, 0.4) is 0 Å². The molecule has 4 rings (SSSR count). The van der Waals surface area contributed by atoms with Gasteiger partial charge in [0, 0.05) is 23.8 Å². The molecule has 0 atom stereocenters. The number of aromatic nitrogens is 5. The van der Waals surface area contributed by atoms with Crippen LogP contribution < -0.4 is 5.32 Å². The second kappa shape index (κ2) is 8.80. The van der Waals surface area contributed by atoms with Gasteiger partial charge < -0.3 is 20.3 Å². The number of aromatic amines is 1. The maximum atomic E-state index is 12.6. The number of aryl methyl sites for hydroxylation is 2. The molecule has 0 radical (unpaired) electrons. The molecule has 0 saturated carbocycles. The lowest BCUT2D eigenvalue weighted by molar-refractivity contribution is 0.0966. The van der Waals surface area contributed by atoms with Crippen LogP contribution in [-0.2, 0) is 6.54 Å². The fourth-order valence-corrected chi connectivity index (χ4v) is 3.64. The second-order valence-corrected chi connectivity index (χ2v) is 8.17. The maximum Gasteiger partial charge on any atom is 0.259 e. The van der Waals surface area contributed by atoms with Crippen molar-refractivity contribution >= 4 is 28.0 Å². The smallest absolute Gasteiger partial charge is 0.259 e. The third kappa shape index (κ3) is 4.19. The zero-order valence-electron chi connectivity index (χ0n) is 18.7. The minimum Gasteiger partial charge on any atom is -0.514 e. The SMILES string of the molecule is C/C(=C\O)NC(=O)c1c[nH]c2ncc(-c3nn(CCCN(C)C)c4cc(C)ccc34)nc12. The second-order valence-electron chi connectivity index (χ2n) is 8.17. The van der Waals surface area contributed by atoms with Gasteiger partial charge in [-0.25, -0.2) is 9.97 Å². The van der Waals surface area contributed by atoms with Crippen LogP contribution in [0.4, 0.5) is 0 Å². The van der Waals surface area contributed by atoms with E-state index in [9.17, 15) is 4.79 Å². The van der Waals surface area contributed by atoms with Crippen LogP contribution >= 0.6 is 0 Å². The molecule has 32 heavy (non-hydrogen) atoms. The summed E-state index contributed by atoms with van der Waals surface area (Å²) in [5.74, 6) is -0.375. The van der Waals surface area contributed by atoms with Crippen LogP contribution in [0.2, 0.25) is 0 Å². The van der Waals surface area contributed by atoms with Crippen molar-refractivity contribution < 1.29 is 9.90 Å². The Morgan fingerprint density at radius 3 is 2.91 bits per heavy atom. The third-order valence-corrected chi connectivity index (χ3v) is 5.25. The van der Waals surface area contributed by atoms with Gasteiger partial charge in [0.15, 0.2) is 5.65 Å². The first kappa shape index (κ1) is 21.5. The lowest BCUT2D eigenvalue weighted by Crippen LogP contribution is -2.21. The molecule has 9 nitrogen and oxygen atoms in total. The first-order valence-electron chi connectivity index (χ1n) is 10.5. The predicted octanol–water partition coefficient (Wildman–Crippen LogP) is 3.38. The maximum absolute atomic E-state index is 12.6. The number of rotatable bonds is 7. The van der Waals surface area contributed by atoms with Gasteiger partial charge in [-0.3, -0.25) is 9.48 Å². The van der Waals surface area contributed by atoms with Crippen molar-refractivity contribution in [1.29, 1.82) is 0 Å². The summed E-state index contributed by atoms with van der Waals surface area (Å²) in [6.45, 7) is 5.42. The van der Waals surface area contributed by atoms with Crippen LogP contribution in [0.25, 0.3) is 33.5 Å². The summed E-state index contributed by atoms with van der Waals surface area (Å²) in [5, 5.41) is 17.6. The molecule has 0 fully saturated rings. The summed E-state index contributed by atoms with van der Waals surface area (Å²) in [4.78, 5) is 26.9. The molecule has 0 aliphatic rings. The largest absolute Gasteiger partial charge is 0.514 e. The van der Waals surface area contributed by atoms with E-state index >= 15 is 0 Å². The number of benzene rings is 1. The Kier molecular flexibility index (Phi) is 5.91. The highest BCUT2D eigenvalue weighted by atomic mass is 16.2. The first-order chi connectivity index (χ1) is 15.4. The van der Waals surface area contributed by atoms with Gasteiger partial charge in [-0.05, 0) is 52.5 Å². The number of carbonyl (C=O) groups excluding carboxylic acids is 1. The minimum atomic E-state index is -0.375. The number of nitrogens with one attached hydrogen (secondary N) is 2. The normalized spacial score (nSPS) is 12.2. The highest BCUT2D eigenvalue weighted by Crippen LogP contribution is 2.29. The Labute approximate surface area is 185 Å². The Morgan fingerprint density at radius 1 is 1.34 bits per heavy atom. The van der Waals surface area contributed by atoms with Crippen molar-refractivity contribution in [3.8, 4) is 11.4 Å². The Hall–Kier alpha value is -3.72. The van der Waals surface area contributed by atoms with E-state index in [4.69, 9.17) is 15.2 Å². The molecule has 0 bridgehead atoms. The summed E-state index contributed by atoms with van der Waals surface area (Å²) in [5.41, 5.74) is 5.20. The lowest BCUT2D eigenvalue weighted by Gasteiger charge is -2.09. The Bertz CT molecular complexity index is 1320. The van der Waals surface area contributed by atoms with Gasteiger partial charge in [-0.15, -0.1) is 0 Å². The molecular weight excluding hydrogens is 406 g/mol. The van der Waals surface area contributed by atoms with E-state index in [2.05, 4.69) is 59.4 Å². The molecule has 0 aliphatic carbocycles. The average Bonchev–Trinajstić information content (AvgIpc) is 3.34. The number of nitrogens with zero attached hydrogens (tertiary/aromatic N) is 5. The molecule has 3 aromatic heterocycles. The Balaban J connectivity index is 1.77. The van der Waals surface area contributed by atoms with Crippen LogP contribution in [-0.4, -0.2) is 61.3 Å². The first-order valence-corrected chi connectivity index (χ1v) is 10.5. The van der Waals surface area contributed by atoms with Crippen molar-refractivity contribution in [2.45, 2.75) is 26.8 Å². The van der Waals surface area contributed by atoms with Crippen molar-refractivity contribution in [2.24, 2.45) is 0 Å². The van der Waals surface area contributed by atoms with E-state index < -0.39 is 0 Å². The van der Waals surface area contributed by atoms with Gasteiger partial charge in [0.2, 0.25) is 0 Å². The van der Waals surface area contributed by atoms with Crippen molar-refractivity contribution in [2.75, 3.05) is 20.6 Å². The predicted molar refractivity (Wildman–Crippen MR) is 124 cm³/mol. The van der Waals surface area contributed by atoms with E-state index in [-0.39, 0.29) is 5.91 Å². The standard InChI is InChI=1S/C23H27N7O2/c1-14-6-7-16-19(10-14)30(9-5-8-29(3)4)28-20(16)18-12-25-22-21(27-18)17(11-24-22)23(32)26-15(2)13-31/h6-7,10-13,31H,5,8-9H2,1-4H3,(H,24,25)(H,26,32)/b15-13+. The van der Waals surface area contributed by atoms with E-state index in [0.29, 0.717) is 28.1 Å².